The number of imide groups is 1. The lowest BCUT2D eigenvalue weighted by molar-refractivity contribution is -0.122. The van der Waals surface area contributed by atoms with Crippen molar-refractivity contribution in [3.8, 4) is 0 Å². The first-order valence-corrected chi connectivity index (χ1v) is 10.8. The van der Waals surface area contributed by atoms with Crippen molar-refractivity contribution >= 4 is 29.4 Å². The van der Waals surface area contributed by atoms with E-state index >= 15 is 0 Å². The molecule has 2 aromatic carbocycles. The van der Waals surface area contributed by atoms with E-state index in [2.05, 4.69) is 21.5 Å². The van der Waals surface area contributed by atoms with E-state index in [0.29, 0.717) is 18.8 Å². The Labute approximate surface area is 185 Å². The van der Waals surface area contributed by atoms with Crippen LogP contribution in [0.2, 0.25) is 0 Å². The highest BCUT2D eigenvalue weighted by molar-refractivity contribution is 6.21. The molecule has 1 aromatic heterocycles. The molecule has 0 unspecified atom stereocenters. The Kier molecular flexibility index (Phi) is 4.28. The molecular weight excluding hydrogens is 402 g/mol. The summed E-state index contributed by atoms with van der Waals surface area (Å²) in [6.45, 7) is 0. The second kappa shape index (κ2) is 7.30. The Hall–Kier alpha value is -4.00. The van der Waals surface area contributed by atoms with E-state index in [1.807, 2.05) is 72.8 Å². The third kappa shape index (κ3) is 2.89. The normalized spacial score (nSPS) is 24.1. The Balaban J connectivity index is 1.42. The predicted molar refractivity (Wildman–Crippen MR) is 120 cm³/mol. The van der Waals surface area contributed by atoms with E-state index < -0.39 is 0 Å². The number of carbonyl (C=O) groups is 2. The maximum Gasteiger partial charge on any atom is 0.260 e. The fourth-order valence-corrected chi connectivity index (χ4v) is 4.75. The largest absolute Gasteiger partial charge is 0.324 e. The molecule has 6 rings (SSSR count). The number of hydrogen-bond acceptors (Lipinski definition) is 5. The van der Waals surface area contributed by atoms with Gasteiger partial charge in [0.05, 0.1) is 11.8 Å². The first kappa shape index (κ1) is 18.7. The minimum Gasteiger partial charge on any atom is -0.324 e. The molecular formula is C25H21N5O2. The van der Waals surface area contributed by atoms with E-state index in [1.54, 1.807) is 4.68 Å². The summed E-state index contributed by atoms with van der Waals surface area (Å²) in [5, 5.41) is 7.98. The molecule has 2 amide bonds. The lowest BCUT2D eigenvalue weighted by atomic mass is 9.85. The third-order valence-electron chi connectivity index (χ3n) is 6.39. The molecule has 0 bridgehead atoms. The second-order valence-electron chi connectivity index (χ2n) is 8.27. The van der Waals surface area contributed by atoms with Crippen molar-refractivity contribution in [2.24, 2.45) is 11.8 Å². The molecule has 0 spiro atoms. The van der Waals surface area contributed by atoms with Crippen molar-refractivity contribution in [1.29, 1.82) is 0 Å². The third-order valence-corrected chi connectivity index (χ3v) is 6.39. The van der Waals surface area contributed by atoms with Gasteiger partial charge in [-0.05, 0) is 30.0 Å². The number of nitrogens with one attached hydrogen (secondary N) is 1. The molecule has 3 aliphatic rings. The first-order chi connectivity index (χ1) is 15.7. The summed E-state index contributed by atoms with van der Waals surface area (Å²) in [4.78, 5) is 31.9. The number of rotatable bonds is 3. The van der Waals surface area contributed by atoms with E-state index in [4.69, 9.17) is 0 Å². The van der Waals surface area contributed by atoms with Crippen LogP contribution >= 0.6 is 0 Å². The van der Waals surface area contributed by atoms with Gasteiger partial charge in [-0.1, -0.05) is 72.8 Å². The molecule has 3 heterocycles. The number of carbonyl (C=O) groups excluding carboxylic acids is 2. The Morgan fingerprint density at radius 2 is 1.47 bits per heavy atom. The van der Waals surface area contributed by atoms with Gasteiger partial charge in [-0.15, -0.1) is 5.10 Å². The lowest BCUT2D eigenvalue weighted by Crippen LogP contribution is -2.32. The fraction of sp³-hybridized carbons (Fsp3) is 0.200. The van der Waals surface area contributed by atoms with Crippen molar-refractivity contribution in [2.45, 2.75) is 18.9 Å². The Bertz CT molecular complexity index is 1240. The molecule has 1 aliphatic carbocycles. The molecule has 32 heavy (non-hydrogen) atoms. The molecule has 1 N–H and O–H groups in total. The lowest BCUT2D eigenvalue weighted by Gasteiger charge is -2.24. The zero-order valence-corrected chi connectivity index (χ0v) is 17.3. The van der Waals surface area contributed by atoms with Crippen LogP contribution in [0.4, 0.5) is 11.9 Å². The number of nitrogens with zero attached hydrogens (tertiary/aromatic N) is 4. The fourth-order valence-electron chi connectivity index (χ4n) is 4.75. The van der Waals surface area contributed by atoms with E-state index in [-0.39, 0.29) is 35.6 Å². The van der Waals surface area contributed by atoms with Gasteiger partial charge in [0.2, 0.25) is 17.8 Å². The Morgan fingerprint density at radius 1 is 0.844 bits per heavy atom. The topological polar surface area (TPSA) is 80.1 Å². The minimum absolute atomic E-state index is 0.139. The van der Waals surface area contributed by atoms with Crippen molar-refractivity contribution in [3.05, 3.63) is 90.0 Å². The molecule has 1 saturated heterocycles. The smallest absolute Gasteiger partial charge is 0.260 e. The predicted octanol–water partition coefficient (Wildman–Crippen LogP) is 3.79. The highest BCUT2D eigenvalue weighted by Crippen LogP contribution is 2.39. The Morgan fingerprint density at radius 3 is 2.12 bits per heavy atom. The van der Waals surface area contributed by atoms with Crippen LogP contribution in [0.15, 0.2) is 78.9 Å². The average molecular weight is 423 g/mol. The van der Waals surface area contributed by atoms with Crippen LogP contribution in [-0.4, -0.2) is 26.6 Å². The average Bonchev–Trinajstić information content (AvgIpc) is 3.38. The zero-order chi connectivity index (χ0) is 21.7. The number of amides is 2. The van der Waals surface area contributed by atoms with Gasteiger partial charge in [0.15, 0.2) is 0 Å². The summed E-state index contributed by atoms with van der Waals surface area (Å²) < 4.78 is 1.75. The summed E-state index contributed by atoms with van der Waals surface area (Å²) in [6, 6.07) is 19.8. The van der Waals surface area contributed by atoms with Gasteiger partial charge >= 0.3 is 0 Å². The van der Waals surface area contributed by atoms with Crippen LogP contribution in [0.1, 0.15) is 30.0 Å². The first-order valence-electron chi connectivity index (χ1n) is 10.8. The minimum atomic E-state index is -0.316. The molecule has 7 nitrogen and oxygen atoms in total. The SMILES string of the molecule is O=C1[C@H]2CC=CC[C@H]2C(=O)N1c1nc2n(n1)[C@@H](c1ccccc1)C=C(c1ccccc1)N2. The maximum absolute atomic E-state index is 13.0. The van der Waals surface area contributed by atoms with Crippen LogP contribution in [0, 0.1) is 11.8 Å². The van der Waals surface area contributed by atoms with Crippen LogP contribution in [0.3, 0.4) is 0 Å². The standard InChI is InChI=1S/C25H21N5O2/c31-22-18-13-7-8-14-19(18)23(32)29(22)25-27-24-26-20(16-9-3-1-4-10-16)15-21(30(24)28-25)17-11-5-2-6-12-17/h1-12,15,18-19,21H,13-14H2,(H,26,27,28)/t18-,19+,21-/m1/s1. The summed E-state index contributed by atoms with van der Waals surface area (Å²) in [6.07, 6.45) is 7.22. The number of hydrogen-bond donors (Lipinski definition) is 1. The number of benzene rings is 2. The summed E-state index contributed by atoms with van der Waals surface area (Å²) >= 11 is 0. The van der Waals surface area contributed by atoms with Crippen molar-refractivity contribution in [2.75, 3.05) is 10.2 Å². The van der Waals surface area contributed by atoms with E-state index in [0.717, 1.165) is 16.8 Å². The molecule has 0 saturated carbocycles. The quantitative estimate of drug-likeness (QED) is 0.512. The van der Waals surface area contributed by atoms with Gasteiger partial charge in [-0.2, -0.15) is 4.98 Å². The molecule has 3 atom stereocenters. The van der Waals surface area contributed by atoms with Gasteiger partial charge in [0.25, 0.3) is 5.95 Å². The molecule has 7 heteroatoms. The van der Waals surface area contributed by atoms with Gasteiger partial charge in [-0.25, -0.2) is 9.58 Å². The molecule has 0 radical (unpaired) electrons. The molecule has 2 aliphatic heterocycles. The van der Waals surface area contributed by atoms with Crippen molar-refractivity contribution in [3.63, 3.8) is 0 Å². The monoisotopic (exact) mass is 423 g/mol. The number of allylic oxidation sites excluding steroid dienone is 3. The zero-order valence-electron chi connectivity index (χ0n) is 17.3. The highest BCUT2D eigenvalue weighted by Gasteiger charge is 2.49. The number of aromatic nitrogens is 3. The highest BCUT2D eigenvalue weighted by atomic mass is 16.2. The van der Waals surface area contributed by atoms with E-state index in [9.17, 15) is 9.59 Å². The van der Waals surface area contributed by atoms with Crippen LogP contribution in [-0.2, 0) is 9.59 Å². The van der Waals surface area contributed by atoms with Gasteiger partial charge in [-0.3, -0.25) is 9.59 Å². The number of fused-ring (bicyclic) bond motifs is 2. The molecule has 158 valence electrons. The number of anilines is 2. The van der Waals surface area contributed by atoms with Crippen molar-refractivity contribution in [1.82, 2.24) is 14.8 Å². The van der Waals surface area contributed by atoms with Gasteiger partial charge in [0, 0.05) is 5.70 Å². The maximum atomic E-state index is 13.0. The van der Waals surface area contributed by atoms with Gasteiger partial charge < -0.3 is 5.32 Å². The summed E-state index contributed by atoms with van der Waals surface area (Å²) in [5.74, 6) is -0.406. The van der Waals surface area contributed by atoms with Crippen LogP contribution in [0.25, 0.3) is 5.70 Å². The van der Waals surface area contributed by atoms with Gasteiger partial charge in [0.1, 0.15) is 6.04 Å². The van der Waals surface area contributed by atoms with Crippen LogP contribution in [0.5, 0.6) is 0 Å². The summed E-state index contributed by atoms with van der Waals surface area (Å²) in [7, 11) is 0. The summed E-state index contributed by atoms with van der Waals surface area (Å²) in [5.41, 5.74) is 2.97. The van der Waals surface area contributed by atoms with Crippen LogP contribution < -0.4 is 10.2 Å². The molecule has 1 fully saturated rings. The molecule has 3 aromatic rings. The second-order valence-corrected chi connectivity index (χ2v) is 8.27. The van der Waals surface area contributed by atoms with E-state index in [1.165, 1.54) is 4.90 Å². The van der Waals surface area contributed by atoms with Crippen molar-refractivity contribution < 1.29 is 9.59 Å².